The van der Waals surface area contributed by atoms with Gasteiger partial charge in [0.15, 0.2) is 0 Å². The first-order valence-corrected chi connectivity index (χ1v) is 11.2. The number of para-hydroxylation sites is 1. The van der Waals surface area contributed by atoms with Gasteiger partial charge in [-0.15, -0.1) is 0 Å². The highest BCUT2D eigenvalue weighted by atomic mass is 16.5. The summed E-state index contributed by atoms with van der Waals surface area (Å²) in [7, 11) is 0. The van der Waals surface area contributed by atoms with Crippen LogP contribution in [-0.2, 0) is 0 Å². The first-order chi connectivity index (χ1) is 14.2. The maximum absolute atomic E-state index is 11.6. The summed E-state index contributed by atoms with van der Waals surface area (Å²) in [4.78, 5) is 11.6. The molecule has 0 aliphatic rings. The van der Waals surface area contributed by atoms with E-state index >= 15 is 0 Å². The van der Waals surface area contributed by atoms with Gasteiger partial charge in [-0.3, -0.25) is 0 Å². The van der Waals surface area contributed by atoms with Gasteiger partial charge in [-0.05, 0) is 25.1 Å². The van der Waals surface area contributed by atoms with Gasteiger partial charge in [0.1, 0.15) is 24.0 Å². The molecule has 1 heterocycles. The molecule has 162 valence electrons. The molecule has 0 spiro atoms. The first-order valence-electron chi connectivity index (χ1n) is 11.2. The third-order valence-electron chi connectivity index (χ3n) is 5.13. The highest BCUT2D eigenvalue weighted by Gasteiger charge is 2.09. The zero-order valence-electron chi connectivity index (χ0n) is 17.8. The molecule has 29 heavy (non-hydrogen) atoms. The summed E-state index contributed by atoms with van der Waals surface area (Å²) in [5.74, 6) is 0.450. The van der Waals surface area contributed by atoms with E-state index in [9.17, 15) is 9.90 Å². The lowest BCUT2D eigenvalue weighted by Gasteiger charge is -2.14. The van der Waals surface area contributed by atoms with Gasteiger partial charge < -0.3 is 19.6 Å². The monoisotopic (exact) mass is 403 g/mol. The van der Waals surface area contributed by atoms with Gasteiger partial charge in [-0.25, -0.2) is 4.79 Å². The van der Waals surface area contributed by atoms with Crippen molar-refractivity contribution in [2.75, 3.05) is 19.7 Å². The number of ether oxygens (including phenoxy) is 1. The first kappa shape index (κ1) is 23.4. The van der Waals surface area contributed by atoms with Crippen molar-refractivity contribution in [2.45, 2.75) is 77.2 Å². The van der Waals surface area contributed by atoms with E-state index in [0.717, 1.165) is 18.4 Å². The van der Waals surface area contributed by atoms with Crippen LogP contribution in [0.25, 0.3) is 11.0 Å². The number of rotatable bonds is 16. The largest absolute Gasteiger partial charge is 0.490 e. The van der Waals surface area contributed by atoms with Gasteiger partial charge in [0.05, 0.1) is 11.5 Å². The summed E-state index contributed by atoms with van der Waals surface area (Å²) in [6, 6.07) is 8.56. The molecule has 2 rings (SSSR count). The summed E-state index contributed by atoms with van der Waals surface area (Å²) in [5.41, 5.74) is 0.0378. The van der Waals surface area contributed by atoms with Gasteiger partial charge in [-0.1, -0.05) is 76.8 Å². The predicted octanol–water partition coefficient (Wildman–Crippen LogP) is 5.04. The second-order valence-electron chi connectivity index (χ2n) is 7.78. The van der Waals surface area contributed by atoms with Gasteiger partial charge in [0, 0.05) is 6.54 Å². The van der Waals surface area contributed by atoms with Crippen molar-refractivity contribution in [1.29, 1.82) is 0 Å². The molecule has 1 atom stereocenters. The van der Waals surface area contributed by atoms with E-state index in [1.807, 2.05) is 12.1 Å². The minimum atomic E-state index is -0.621. The van der Waals surface area contributed by atoms with Crippen LogP contribution in [-0.4, -0.2) is 30.9 Å². The van der Waals surface area contributed by atoms with E-state index in [0.29, 0.717) is 17.9 Å². The molecule has 0 radical (unpaired) electrons. The van der Waals surface area contributed by atoms with Crippen LogP contribution in [0.4, 0.5) is 0 Å². The molecule has 0 unspecified atom stereocenters. The van der Waals surface area contributed by atoms with Crippen LogP contribution in [0.5, 0.6) is 5.75 Å². The molecular formula is C24H37NO4. The van der Waals surface area contributed by atoms with Crippen molar-refractivity contribution in [3.8, 4) is 5.75 Å². The Balaban J connectivity index is 1.52. The molecule has 0 fully saturated rings. The number of aliphatic hydroxyl groups excluding tert-OH is 1. The van der Waals surface area contributed by atoms with Crippen molar-refractivity contribution < 1.29 is 14.3 Å². The molecule has 1 aromatic heterocycles. The molecule has 0 saturated carbocycles. The number of benzene rings is 1. The molecule has 5 heteroatoms. The number of fused-ring (bicyclic) bond motifs is 1. The highest BCUT2D eigenvalue weighted by molar-refractivity contribution is 5.82. The maximum atomic E-state index is 11.6. The fourth-order valence-corrected chi connectivity index (χ4v) is 3.45. The van der Waals surface area contributed by atoms with E-state index in [-0.39, 0.29) is 6.61 Å². The molecule has 0 aliphatic heterocycles. The minimum absolute atomic E-state index is 0.137. The van der Waals surface area contributed by atoms with Crippen LogP contribution >= 0.6 is 0 Å². The van der Waals surface area contributed by atoms with Gasteiger partial charge >= 0.3 is 5.63 Å². The lowest BCUT2D eigenvalue weighted by molar-refractivity contribution is 0.107. The fourth-order valence-electron chi connectivity index (χ4n) is 3.45. The third kappa shape index (κ3) is 9.46. The lowest BCUT2D eigenvalue weighted by Crippen LogP contribution is -2.32. The van der Waals surface area contributed by atoms with E-state index < -0.39 is 11.7 Å². The Labute approximate surface area is 174 Å². The molecule has 0 bridgehead atoms. The molecule has 1 aromatic carbocycles. The molecule has 0 amide bonds. The van der Waals surface area contributed by atoms with Crippen LogP contribution in [0, 0.1) is 0 Å². The summed E-state index contributed by atoms with van der Waals surface area (Å²) < 4.78 is 10.8. The third-order valence-corrected chi connectivity index (χ3v) is 5.13. The smallest absolute Gasteiger partial charge is 0.339 e. The topological polar surface area (TPSA) is 71.7 Å². The SMILES string of the molecule is CCCCCCCCCCCCNC[C@H](O)COc1cc(=O)oc2ccccc12. The van der Waals surface area contributed by atoms with Gasteiger partial charge in [0.2, 0.25) is 0 Å². The van der Waals surface area contributed by atoms with Crippen LogP contribution in [0.3, 0.4) is 0 Å². The van der Waals surface area contributed by atoms with Crippen molar-refractivity contribution in [3.05, 3.63) is 40.8 Å². The van der Waals surface area contributed by atoms with E-state index in [4.69, 9.17) is 9.15 Å². The normalized spacial score (nSPS) is 12.3. The number of aliphatic hydroxyl groups is 1. The summed E-state index contributed by atoms with van der Waals surface area (Å²) in [5, 5.41) is 14.1. The molecular weight excluding hydrogens is 366 g/mol. The molecule has 0 saturated heterocycles. The Morgan fingerprint density at radius 1 is 1.00 bits per heavy atom. The molecule has 2 aromatic rings. The summed E-state index contributed by atoms with van der Waals surface area (Å²) in [6.07, 6.45) is 12.6. The Morgan fingerprint density at radius 2 is 1.66 bits per heavy atom. The second kappa shape index (κ2) is 14.2. The fraction of sp³-hybridized carbons (Fsp3) is 0.625. The van der Waals surface area contributed by atoms with Gasteiger partial charge in [-0.2, -0.15) is 0 Å². The van der Waals surface area contributed by atoms with Crippen LogP contribution in [0.2, 0.25) is 0 Å². The van der Waals surface area contributed by atoms with Crippen molar-refractivity contribution >= 4 is 11.0 Å². The molecule has 5 nitrogen and oxygen atoms in total. The molecule has 2 N–H and O–H groups in total. The number of hydrogen-bond acceptors (Lipinski definition) is 5. The Bertz CT molecular complexity index is 743. The average molecular weight is 404 g/mol. The van der Waals surface area contributed by atoms with E-state index in [2.05, 4.69) is 12.2 Å². The number of unbranched alkanes of at least 4 members (excludes halogenated alkanes) is 9. The summed E-state index contributed by atoms with van der Waals surface area (Å²) >= 11 is 0. The number of hydrogen-bond donors (Lipinski definition) is 2. The lowest BCUT2D eigenvalue weighted by atomic mass is 10.1. The quantitative estimate of drug-likeness (QED) is 0.303. The van der Waals surface area contributed by atoms with E-state index in [1.165, 1.54) is 63.9 Å². The van der Waals surface area contributed by atoms with Crippen LogP contribution in [0.15, 0.2) is 39.5 Å². The average Bonchev–Trinajstić information content (AvgIpc) is 2.72. The van der Waals surface area contributed by atoms with Gasteiger partial charge in [0.25, 0.3) is 0 Å². The van der Waals surface area contributed by atoms with Crippen LogP contribution in [0.1, 0.15) is 71.1 Å². The van der Waals surface area contributed by atoms with E-state index in [1.54, 1.807) is 12.1 Å². The van der Waals surface area contributed by atoms with Crippen LogP contribution < -0.4 is 15.7 Å². The zero-order chi connectivity index (χ0) is 20.7. The number of nitrogens with one attached hydrogen (secondary N) is 1. The van der Waals surface area contributed by atoms with Crippen molar-refractivity contribution in [2.24, 2.45) is 0 Å². The van der Waals surface area contributed by atoms with Crippen molar-refractivity contribution in [1.82, 2.24) is 5.32 Å². The zero-order valence-corrected chi connectivity index (χ0v) is 17.8. The predicted molar refractivity (Wildman–Crippen MR) is 119 cm³/mol. The second-order valence-corrected chi connectivity index (χ2v) is 7.78. The minimum Gasteiger partial charge on any atom is -0.490 e. The molecule has 0 aliphatic carbocycles. The maximum Gasteiger partial charge on any atom is 0.339 e. The Morgan fingerprint density at radius 3 is 2.38 bits per heavy atom. The standard InChI is InChI=1S/C24H37NO4/c1-2-3-4-5-6-7-8-9-10-13-16-25-18-20(26)19-28-23-17-24(27)29-22-15-12-11-14-21(22)23/h11-12,14-15,17,20,25-26H,2-10,13,16,18-19H2,1H3/t20-/m0/s1. The highest BCUT2D eigenvalue weighted by Crippen LogP contribution is 2.23. The van der Waals surface area contributed by atoms with Crippen molar-refractivity contribution in [3.63, 3.8) is 0 Å². The summed E-state index contributed by atoms with van der Waals surface area (Å²) in [6.45, 7) is 3.78. The Kier molecular flexibility index (Phi) is 11.5. The Hall–Kier alpha value is -1.85.